The van der Waals surface area contributed by atoms with E-state index in [1.54, 1.807) is 19.1 Å². The third-order valence-corrected chi connectivity index (χ3v) is 10.2. The molecule has 0 aliphatic carbocycles. The lowest BCUT2D eigenvalue weighted by atomic mass is 10.0. The Morgan fingerprint density at radius 2 is 1.76 bits per heavy atom. The van der Waals surface area contributed by atoms with E-state index in [1.807, 2.05) is 0 Å². The van der Waals surface area contributed by atoms with Gasteiger partial charge in [0.2, 0.25) is 5.91 Å². The first-order chi connectivity index (χ1) is 19.3. The number of ketones is 1. The number of nitrogens with one attached hydrogen (secondary N) is 1. The average molecular weight is 621 g/mol. The van der Waals surface area contributed by atoms with Gasteiger partial charge in [-0.2, -0.15) is 0 Å². The van der Waals surface area contributed by atoms with Crippen molar-refractivity contribution >= 4 is 62.7 Å². The van der Waals surface area contributed by atoms with E-state index in [1.165, 1.54) is 43.3 Å². The molecule has 4 rings (SSSR count). The van der Waals surface area contributed by atoms with Crippen LogP contribution in [0.3, 0.4) is 0 Å². The van der Waals surface area contributed by atoms with E-state index < -0.39 is 62.5 Å². The number of benzene rings is 2. The van der Waals surface area contributed by atoms with Crippen LogP contribution in [0.25, 0.3) is 0 Å². The second-order valence-corrected chi connectivity index (χ2v) is 13.1. The minimum atomic E-state index is -4.34. The lowest BCUT2D eigenvalue weighted by Crippen LogP contribution is -2.70. The number of nitrogens with zero attached hydrogens (tertiary/aromatic N) is 1. The SMILES string of the molecule is CC(=O)OCC1=C(C(=O)O)N2C(=O)[C@@H](NC(=O)CC(C(=O)c3ccc(Cl)cc3)S(=O)(=O)c3ccc(C)cc3)[C@H]2SC1. The maximum absolute atomic E-state index is 13.6. The number of rotatable bonds is 10. The molecule has 41 heavy (non-hydrogen) atoms. The summed E-state index contributed by atoms with van der Waals surface area (Å²) >= 11 is 7.06. The molecule has 216 valence electrons. The van der Waals surface area contributed by atoms with Crippen molar-refractivity contribution in [2.45, 2.75) is 41.8 Å². The number of carbonyl (C=O) groups is 5. The Kier molecular flexibility index (Phi) is 8.90. The van der Waals surface area contributed by atoms with Crippen LogP contribution >= 0.6 is 23.4 Å². The molecule has 2 heterocycles. The summed E-state index contributed by atoms with van der Waals surface area (Å²) in [7, 11) is -4.34. The highest BCUT2D eigenvalue weighted by Gasteiger charge is 2.54. The van der Waals surface area contributed by atoms with Crippen LogP contribution in [0.1, 0.15) is 29.3 Å². The largest absolute Gasteiger partial charge is 0.477 e. The Morgan fingerprint density at radius 1 is 1.12 bits per heavy atom. The number of sulfone groups is 1. The van der Waals surface area contributed by atoms with E-state index in [0.717, 1.165) is 22.2 Å². The summed E-state index contributed by atoms with van der Waals surface area (Å²) in [5, 5.41) is 9.93. The van der Waals surface area contributed by atoms with Gasteiger partial charge in [-0.3, -0.25) is 24.1 Å². The smallest absolute Gasteiger partial charge is 0.352 e. The summed E-state index contributed by atoms with van der Waals surface area (Å²) in [5.41, 5.74) is 0.729. The summed E-state index contributed by atoms with van der Waals surface area (Å²) in [6, 6.07) is 10.3. The van der Waals surface area contributed by atoms with Gasteiger partial charge in [-0.25, -0.2) is 13.2 Å². The number of esters is 1. The van der Waals surface area contributed by atoms with Gasteiger partial charge in [0.15, 0.2) is 15.6 Å². The number of Topliss-reactive ketones (excluding diaryl/α,β-unsaturated/α-hetero) is 1. The maximum Gasteiger partial charge on any atom is 0.352 e. The molecule has 11 nitrogen and oxygen atoms in total. The second kappa shape index (κ2) is 12.0. The third-order valence-electron chi connectivity index (χ3n) is 6.53. The molecule has 1 saturated heterocycles. The number of halogens is 1. The molecule has 2 amide bonds. The van der Waals surface area contributed by atoms with Crippen LogP contribution in [0.5, 0.6) is 0 Å². The van der Waals surface area contributed by atoms with Crippen LogP contribution in [0, 0.1) is 6.92 Å². The van der Waals surface area contributed by atoms with Gasteiger partial charge in [-0.05, 0) is 43.3 Å². The molecule has 0 bridgehead atoms. The van der Waals surface area contributed by atoms with Crippen molar-refractivity contribution in [3.63, 3.8) is 0 Å². The topological polar surface area (TPSA) is 164 Å². The first-order valence-electron chi connectivity index (χ1n) is 12.2. The molecule has 3 atom stereocenters. The zero-order chi connectivity index (χ0) is 30.1. The highest BCUT2D eigenvalue weighted by atomic mass is 35.5. The molecule has 1 fully saturated rings. The zero-order valence-electron chi connectivity index (χ0n) is 21.8. The number of amides is 2. The number of carboxylic acid groups (broad SMARTS) is 1. The monoisotopic (exact) mass is 620 g/mol. The molecule has 0 radical (unpaired) electrons. The van der Waals surface area contributed by atoms with Crippen LogP contribution in [0.2, 0.25) is 5.02 Å². The van der Waals surface area contributed by atoms with Crippen LogP contribution < -0.4 is 5.32 Å². The predicted octanol–water partition coefficient (Wildman–Crippen LogP) is 2.37. The number of aliphatic carboxylic acids is 1. The van der Waals surface area contributed by atoms with Gasteiger partial charge in [-0.1, -0.05) is 29.3 Å². The Bertz CT molecular complexity index is 1550. The van der Waals surface area contributed by atoms with Gasteiger partial charge < -0.3 is 15.2 Å². The maximum atomic E-state index is 13.6. The summed E-state index contributed by atoms with van der Waals surface area (Å²) < 4.78 is 32.0. The molecule has 2 aliphatic heterocycles. The molecule has 0 aromatic heterocycles. The minimum absolute atomic E-state index is 0.0353. The molecule has 14 heteroatoms. The predicted molar refractivity (Wildman–Crippen MR) is 149 cm³/mol. The van der Waals surface area contributed by atoms with Crippen molar-refractivity contribution < 1.29 is 42.2 Å². The van der Waals surface area contributed by atoms with E-state index in [2.05, 4.69) is 5.32 Å². The van der Waals surface area contributed by atoms with Crippen molar-refractivity contribution in [1.29, 1.82) is 0 Å². The minimum Gasteiger partial charge on any atom is -0.477 e. The van der Waals surface area contributed by atoms with Crippen LogP contribution in [-0.4, -0.2) is 77.0 Å². The lowest BCUT2D eigenvalue weighted by molar-refractivity contribution is -0.151. The molecule has 0 spiro atoms. The molecule has 2 aromatic carbocycles. The Hall–Kier alpha value is -3.68. The van der Waals surface area contributed by atoms with Crippen molar-refractivity contribution in [1.82, 2.24) is 10.2 Å². The fourth-order valence-corrected chi connectivity index (χ4v) is 7.51. The normalized spacial score (nSPS) is 19.1. The molecule has 2 N–H and O–H groups in total. The van der Waals surface area contributed by atoms with Crippen LogP contribution in [0.4, 0.5) is 0 Å². The molecule has 0 saturated carbocycles. The Labute approximate surface area is 244 Å². The number of fused-ring (bicyclic) bond motifs is 1. The zero-order valence-corrected chi connectivity index (χ0v) is 24.2. The van der Waals surface area contributed by atoms with Gasteiger partial charge in [0.25, 0.3) is 5.91 Å². The number of thioether (sulfide) groups is 1. The van der Waals surface area contributed by atoms with Crippen molar-refractivity contribution in [3.8, 4) is 0 Å². The number of carboxylic acids is 1. The molecular formula is C27H25ClN2O9S2. The quantitative estimate of drug-likeness (QED) is 0.229. The van der Waals surface area contributed by atoms with Gasteiger partial charge in [0.1, 0.15) is 29.0 Å². The first kappa shape index (κ1) is 30.3. The number of hydrogen-bond acceptors (Lipinski definition) is 9. The van der Waals surface area contributed by atoms with Crippen molar-refractivity contribution in [3.05, 3.63) is 76.0 Å². The molecule has 2 aromatic rings. The number of carbonyl (C=O) groups excluding carboxylic acids is 4. The van der Waals surface area contributed by atoms with Crippen LogP contribution in [0.15, 0.2) is 64.7 Å². The van der Waals surface area contributed by atoms with Crippen molar-refractivity contribution in [2.24, 2.45) is 0 Å². The summed E-state index contributed by atoms with van der Waals surface area (Å²) in [6.45, 7) is 2.64. The first-order valence-corrected chi connectivity index (χ1v) is 15.2. The second-order valence-electron chi connectivity index (χ2n) is 9.41. The van der Waals surface area contributed by atoms with E-state index in [4.69, 9.17) is 16.3 Å². The average Bonchev–Trinajstić information content (AvgIpc) is 2.93. The number of aryl methyl sites for hydroxylation is 1. The fourth-order valence-electron chi connectivity index (χ4n) is 4.42. The molecular weight excluding hydrogens is 596 g/mol. The standard InChI is InChI=1S/C27H25ClN2O9S2/c1-14-3-9-19(10-4-14)41(37,38)20(24(33)16-5-7-18(28)8-6-16)11-21(32)29-22-25(34)30-23(27(35)36)17(12-39-15(2)31)13-40-26(22)30/h3-10,20,22,26H,11-13H2,1-2H3,(H,29,32)(H,35,36)/t20?,22-,26-/m1/s1. The van der Waals surface area contributed by atoms with E-state index in [9.17, 15) is 37.5 Å². The van der Waals surface area contributed by atoms with Crippen molar-refractivity contribution in [2.75, 3.05) is 12.4 Å². The van der Waals surface area contributed by atoms with Gasteiger partial charge >= 0.3 is 11.9 Å². The molecule has 1 unspecified atom stereocenters. The fraction of sp³-hybridized carbons (Fsp3) is 0.296. The van der Waals surface area contributed by atoms with E-state index >= 15 is 0 Å². The van der Waals surface area contributed by atoms with Gasteiger partial charge in [0, 0.05) is 28.8 Å². The van der Waals surface area contributed by atoms with Gasteiger partial charge in [0.05, 0.1) is 11.3 Å². The highest BCUT2D eigenvalue weighted by molar-refractivity contribution is 8.00. The number of hydrogen-bond donors (Lipinski definition) is 2. The Morgan fingerprint density at radius 3 is 2.34 bits per heavy atom. The van der Waals surface area contributed by atoms with Crippen LogP contribution in [-0.2, 0) is 33.8 Å². The summed E-state index contributed by atoms with van der Waals surface area (Å²) in [5.74, 6) is -4.31. The van der Waals surface area contributed by atoms with E-state index in [-0.39, 0.29) is 34.1 Å². The van der Waals surface area contributed by atoms with E-state index in [0.29, 0.717) is 5.02 Å². The molecule has 2 aliphatic rings. The highest BCUT2D eigenvalue weighted by Crippen LogP contribution is 2.40. The van der Waals surface area contributed by atoms with Gasteiger partial charge in [-0.15, -0.1) is 11.8 Å². The summed E-state index contributed by atoms with van der Waals surface area (Å²) in [6.07, 6.45) is -0.780. The number of ether oxygens (including phenoxy) is 1. The third kappa shape index (κ3) is 6.31. The Balaban J connectivity index is 1.56. The number of β-lactam (4-membered cyclic amide) rings is 1. The lowest BCUT2D eigenvalue weighted by Gasteiger charge is -2.49. The summed E-state index contributed by atoms with van der Waals surface area (Å²) in [4.78, 5) is 63.5.